The number of fused-ring (bicyclic) bond motifs is 1. The van der Waals surface area contributed by atoms with Crippen LogP contribution in [0.1, 0.15) is 23.6 Å². The van der Waals surface area contributed by atoms with Crippen LogP contribution >= 0.6 is 11.6 Å². The molecular formula is C20H20ClNO3. The molecule has 0 radical (unpaired) electrons. The highest BCUT2D eigenvalue weighted by atomic mass is 35.5. The number of benzene rings is 2. The van der Waals surface area contributed by atoms with Crippen LogP contribution in [0.4, 0.5) is 5.69 Å². The fourth-order valence-electron chi connectivity index (χ4n) is 2.84. The molecule has 0 bridgehead atoms. The zero-order chi connectivity index (χ0) is 18.0. The molecule has 0 spiro atoms. The fraction of sp³-hybridized carbons (Fsp3) is 0.250. The molecule has 2 aromatic rings. The minimum atomic E-state index is -0.234. The molecule has 1 atom stereocenters. The first-order chi connectivity index (χ1) is 12.0. The second-order valence-electron chi connectivity index (χ2n) is 6.07. The van der Waals surface area contributed by atoms with Crippen molar-refractivity contribution in [2.75, 3.05) is 12.4 Å². The first kappa shape index (κ1) is 17.4. The van der Waals surface area contributed by atoms with Gasteiger partial charge in [-0.1, -0.05) is 17.7 Å². The van der Waals surface area contributed by atoms with E-state index in [1.54, 1.807) is 25.3 Å². The molecule has 130 valence electrons. The van der Waals surface area contributed by atoms with Crippen molar-refractivity contribution >= 4 is 29.3 Å². The molecule has 1 heterocycles. The van der Waals surface area contributed by atoms with E-state index in [0.717, 1.165) is 34.6 Å². The average Bonchev–Trinajstić information content (AvgIpc) is 2.95. The lowest BCUT2D eigenvalue weighted by molar-refractivity contribution is -0.111. The quantitative estimate of drug-likeness (QED) is 0.811. The third-order valence-corrected chi connectivity index (χ3v) is 4.60. The molecule has 0 saturated carbocycles. The van der Waals surface area contributed by atoms with E-state index in [4.69, 9.17) is 21.1 Å². The molecule has 0 saturated heterocycles. The Kier molecular flexibility index (Phi) is 5.00. The van der Waals surface area contributed by atoms with Crippen LogP contribution in [-0.4, -0.2) is 19.1 Å². The van der Waals surface area contributed by atoms with E-state index in [9.17, 15) is 4.79 Å². The van der Waals surface area contributed by atoms with Crippen LogP contribution < -0.4 is 14.8 Å². The monoisotopic (exact) mass is 357 g/mol. The first-order valence-electron chi connectivity index (χ1n) is 8.09. The molecule has 0 fully saturated rings. The minimum absolute atomic E-state index is 0.160. The molecular weight excluding hydrogens is 338 g/mol. The Morgan fingerprint density at radius 1 is 1.40 bits per heavy atom. The summed E-state index contributed by atoms with van der Waals surface area (Å²) in [6.07, 6.45) is 4.22. The number of hydrogen-bond donors (Lipinski definition) is 1. The van der Waals surface area contributed by atoms with Gasteiger partial charge in [-0.05, 0) is 49.8 Å². The zero-order valence-corrected chi connectivity index (χ0v) is 15.2. The van der Waals surface area contributed by atoms with Gasteiger partial charge in [0.05, 0.1) is 7.11 Å². The second kappa shape index (κ2) is 7.19. The minimum Gasteiger partial charge on any atom is -0.496 e. The number of carbonyl (C=O) groups excluding carboxylic acids is 1. The van der Waals surface area contributed by atoms with Crippen molar-refractivity contribution < 1.29 is 14.3 Å². The first-order valence-corrected chi connectivity index (χ1v) is 8.47. The lowest BCUT2D eigenvalue weighted by atomic mass is 10.1. The van der Waals surface area contributed by atoms with Crippen LogP contribution in [-0.2, 0) is 11.2 Å². The van der Waals surface area contributed by atoms with Gasteiger partial charge < -0.3 is 14.8 Å². The van der Waals surface area contributed by atoms with Gasteiger partial charge in [-0.15, -0.1) is 0 Å². The summed E-state index contributed by atoms with van der Waals surface area (Å²) in [6, 6.07) is 9.29. The summed E-state index contributed by atoms with van der Waals surface area (Å²) in [5, 5.41) is 3.45. The van der Waals surface area contributed by atoms with Gasteiger partial charge in [-0.25, -0.2) is 0 Å². The fourth-order valence-corrected chi connectivity index (χ4v) is 3.02. The summed E-state index contributed by atoms with van der Waals surface area (Å²) in [7, 11) is 1.62. The Labute approximate surface area is 152 Å². The molecule has 0 unspecified atom stereocenters. The number of carbonyl (C=O) groups is 1. The van der Waals surface area contributed by atoms with Crippen molar-refractivity contribution in [3.05, 3.63) is 58.1 Å². The van der Waals surface area contributed by atoms with Crippen molar-refractivity contribution in [3.63, 3.8) is 0 Å². The standard InChI is InChI=1S/C20H20ClNO3/c1-12-9-15-11-18(24-3)14(10-19(15)25-12)7-8-20(23)22-17-6-4-5-16(21)13(17)2/h4-8,10-12H,9H2,1-3H3,(H,22,23)/b8-7+/t12-/m1/s1. The maximum Gasteiger partial charge on any atom is 0.248 e. The van der Waals surface area contributed by atoms with E-state index in [1.807, 2.05) is 32.0 Å². The van der Waals surface area contributed by atoms with Crippen LogP contribution in [0.3, 0.4) is 0 Å². The van der Waals surface area contributed by atoms with Crippen molar-refractivity contribution in [2.24, 2.45) is 0 Å². The summed E-state index contributed by atoms with van der Waals surface area (Å²) in [4.78, 5) is 12.2. The lowest BCUT2D eigenvalue weighted by Crippen LogP contribution is -2.09. The molecule has 0 aromatic heterocycles. The molecule has 25 heavy (non-hydrogen) atoms. The Morgan fingerprint density at radius 2 is 2.20 bits per heavy atom. The molecule has 1 N–H and O–H groups in total. The van der Waals surface area contributed by atoms with Crippen molar-refractivity contribution in [2.45, 2.75) is 26.4 Å². The van der Waals surface area contributed by atoms with Gasteiger partial charge in [0.2, 0.25) is 5.91 Å². The van der Waals surface area contributed by atoms with Crippen molar-refractivity contribution in [1.82, 2.24) is 0 Å². The van der Waals surface area contributed by atoms with Gasteiger partial charge >= 0.3 is 0 Å². The van der Waals surface area contributed by atoms with Gasteiger partial charge in [0.15, 0.2) is 0 Å². The molecule has 5 heteroatoms. The third-order valence-electron chi connectivity index (χ3n) is 4.19. The number of hydrogen-bond acceptors (Lipinski definition) is 3. The normalized spacial score (nSPS) is 15.8. The summed E-state index contributed by atoms with van der Waals surface area (Å²) in [5.41, 5.74) is 3.46. The molecule has 2 aromatic carbocycles. The summed E-state index contributed by atoms with van der Waals surface area (Å²) >= 11 is 6.08. The number of amides is 1. The maximum atomic E-state index is 12.2. The molecule has 1 amide bonds. The highest BCUT2D eigenvalue weighted by Gasteiger charge is 2.21. The topological polar surface area (TPSA) is 47.6 Å². The Morgan fingerprint density at radius 3 is 2.96 bits per heavy atom. The van der Waals surface area contributed by atoms with E-state index >= 15 is 0 Å². The highest BCUT2D eigenvalue weighted by molar-refractivity contribution is 6.31. The second-order valence-corrected chi connectivity index (χ2v) is 6.48. The van der Waals surface area contributed by atoms with E-state index in [0.29, 0.717) is 10.7 Å². The Bertz CT molecular complexity index is 845. The van der Waals surface area contributed by atoms with Crippen LogP contribution in [0.15, 0.2) is 36.4 Å². The van der Waals surface area contributed by atoms with E-state index in [-0.39, 0.29) is 12.0 Å². The molecule has 0 aliphatic carbocycles. The van der Waals surface area contributed by atoms with Gasteiger partial charge in [-0.2, -0.15) is 0 Å². The zero-order valence-electron chi connectivity index (χ0n) is 14.4. The number of anilines is 1. The van der Waals surface area contributed by atoms with Crippen molar-refractivity contribution in [3.8, 4) is 11.5 Å². The van der Waals surface area contributed by atoms with Gasteiger partial charge in [0, 0.05) is 34.3 Å². The van der Waals surface area contributed by atoms with Gasteiger partial charge in [-0.3, -0.25) is 4.79 Å². The summed E-state index contributed by atoms with van der Waals surface area (Å²) in [5.74, 6) is 1.33. The lowest BCUT2D eigenvalue weighted by Gasteiger charge is -2.09. The largest absolute Gasteiger partial charge is 0.496 e. The summed E-state index contributed by atoms with van der Waals surface area (Å²) < 4.78 is 11.2. The smallest absolute Gasteiger partial charge is 0.248 e. The van der Waals surface area contributed by atoms with Crippen LogP contribution in [0.25, 0.3) is 6.08 Å². The van der Waals surface area contributed by atoms with Crippen LogP contribution in [0.2, 0.25) is 5.02 Å². The number of nitrogens with one attached hydrogen (secondary N) is 1. The van der Waals surface area contributed by atoms with E-state index in [1.165, 1.54) is 6.08 Å². The SMILES string of the molecule is COc1cc2c(cc1/C=C/C(=O)Nc1cccc(Cl)c1C)O[C@H](C)C2. The average molecular weight is 358 g/mol. The van der Waals surface area contributed by atoms with E-state index < -0.39 is 0 Å². The molecule has 1 aliphatic rings. The molecule has 3 rings (SSSR count). The van der Waals surface area contributed by atoms with Crippen molar-refractivity contribution in [1.29, 1.82) is 0 Å². The third kappa shape index (κ3) is 3.80. The predicted octanol–water partition coefficient (Wildman–Crippen LogP) is 4.63. The number of halogens is 1. The summed E-state index contributed by atoms with van der Waals surface area (Å²) in [6.45, 7) is 3.90. The number of ether oxygens (including phenoxy) is 2. The number of rotatable bonds is 4. The van der Waals surface area contributed by atoms with Gasteiger partial charge in [0.1, 0.15) is 17.6 Å². The molecule has 4 nitrogen and oxygen atoms in total. The molecule has 1 aliphatic heterocycles. The Balaban J connectivity index is 1.78. The number of methoxy groups -OCH3 is 1. The maximum absolute atomic E-state index is 12.2. The predicted molar refractivity (Wildman–Crippen MR) is 101 cm³/mol. The van der Waals surface area contributed by atoms with Gasteiger partial charge in [0.25, 0.3) is 0 Å². The van der Waals surface area contributed by atoms with Crippen LogP contribution in [0.5, 0.6) is 11.5 Å². The Hall–Kier alpha value is -2.46. The highest BCUT2D eigenvalue weighted by Crippen LogP contribution is 2.35. The van der Waals surface area contributed by atoms with E-state index in [2.05, 4.69) is 5.32 Å². The van der Waals surface area contributed by atoms with Crippen LogP contribution in [0, 0.1) is 6.92 Å².